The van der Waals surface area contributed by atoms with Gasteiger partial charge in [0.2, 0.25) is 0 Å². The summed E-state index contributed by atoms with van der Waals surface area (Å²) in [6, 6.07) is 8.09. The highest BCUT2D eigenvalue weighted by Crippen LogP contribution is 2.31. The summed E-state index contributed by atoms with van der Waals surface area (Å²) in [7, 11) is 1.69. The third-order valence-electron chi connectivity index (χ3n) is 4.33. The number of hydrogen-bond donors (Lipinski definition) is 1. The highest BCUT2D eigenvalue weighted by atomic mass is 16.5. The van der Waals surface area contributed by atoms with Gasteiger partial charge in [-0.25, -0.2) is 0 Å². The van der Waals surface area contributed by atoms with Crippen molar-refractivity contribution < 1.29 is 9.47 Å². The van der Waals surface area contributed by atoms with Crippen LogP contribution in [0.2, 0.25) is 0 Å². The van der Waals surface area contributed by atoms with E-state index < -0.39 is 0 Å². The molecule has 0 aliphatic heterocycles. The molecule has 1 aliphatic carbocycles. The van der Waals surface area contributed by atoms with E-state index in [0.29, 0.717) is 0 Å². The zero-order valence-corrected chi connectivity index (χ0v) is 12.7. The standard InChI is InChI=1S/C17H27NO2/c1-3-16(18)17(20-11-10-13-6-4-7-13)14-8-5-9-15(12-14)19-2/h5,8-9,12-13,16-17H,3-4,6-7,10-11,18H2,1-2H3. The molecule has 1 saturated carbocycles. The van der Waals surface area contributed by atoms with Crippen molar-refractivity contribution in [3.05, 3.63) is 29.8 Å². The minimum Gasteiger partial charge on any atom is -0.497 e. The fraction of sp³-hybridized carbons (Fsp3) is 0.647. The van der Waals surface area contributed by atoms with Crippen LogP contribution in [-0.4, -0.2) is 19.8 Å². The van der Waals surface area contributed by atoms with Crippen LogP contribution in [0.3, 0.4) is 0 Å². The van der Waals surface area contributed by atoms with Crippen molar-refractivity contribution >= 4 is 0 Å². The molecule has 1 aromatic rings. The van der Waals surface area contributed by atoms with Crippen molar-refractivity contribution in [3.63, 3.8) is 0 Å². The Kier molecular flexibility index (Phi) is 5.86. The van der Waals surface area contributed by atoms with Crippen molar-refractivity contribution in [2.75, 3.05) is 13.7 Å². The van der Waals surface area contributed by atoms with Crippen LogP contribution in [0.5, 0.6) is 5.75 Å². The third-order valence-corrected chi connectivity index (χ3v) is 4.33. The second-order valence-corrected chi connectivity index (χ2v) is 5.73. The van der Waals surface area contributed by atoms with E-state index in [-0.39, 0.29) is 12.1 Å². The highest BCUT2D eigenvalue weighted by molar-refractivity contribution is 5.30. The minimum absolute atomic E-state index is 0.0310. The van der Waals surface area contributed by atoms with E-state index in [9.17, 15) is 0 Å². The first-order valence-corrected chi connectivity index (χ1v) is 7.75. The second-order valence-electron chi connectivity index (χ2n) is 5.73. The first-order valence-electron chi connectivity index (χ1n) is 7.75. The SMILES string of the molecule is CCC(N)C(OCCC1CCC1)c1cccc(OC)c1. The van der Waals surface area contributed by atoms with Gasteiger partial charge in [-0.15, -0.1) is 0 Å². The molecule has 20 heavy (non-hydrogen) atoms. The van der Waals surface area contributed by atoms with E-state index in [1.807, 2.05) is 18.2 Å². The highest BCUT2D eigenvalue weighted by Gasteiger charge is 2.22. The van der Waals surface area contributed by atoms with E-state index >= 15 is 0 Å². The lowest BCUT2D eigenvalue weighted by molar-refractivity contribution is 0.0202. The predicted octanol–water partition coefficient (Wildman–Crippen LogP) is 3.68. The van der Waals surface area contributed by atoms with E-state index in [4.69, 9.17) is 15.2 Å². The smallest absolute Gasteiger partial charge is 0.119 e. The summed E-state index contributed by atoms with van der Waals surface area (Å²) in [4.78, 5) is 0. The van der Waals surface area contributed by atoms with Crippen LogP contribution in [0.4, 0.5) is 0 Å². The van der Waals surface area contributed by atoms with Crippen LogP contribution in [0.15, 0.2) is 24.3 Å². The molecule has 1 fully saturated rings. The number of rotatable bonds is 8. The Hall–Kier alpha value is -1.06. The molecule has 0 saturated heterocycles. The molecule has 112 valence electrons. The van der Waals surface area contributed by atoms with Gasteiger partial charge in [-0.05, 0) is 36.5 Å². The largest absolute Gasteiger partial charge is 0.497 e. The molecule has 0 bridgehead atoms. The van der Waals surface area contributed by atoms with Gasteiger partial charge in [0.05, 0.1) is 13.2 Å². The van der Waals surface area contributed by atoms with Gasteiger partial charge in [0.1, 0.15) is 5.75 Å². The minimum atomic E-state index is -0.0322. The Balaban J connectivity index is 1.97. The topological polar surface area (TPSA) is 44.5 Å². The zero-order valence-electron chi connectivity index (χ0n) is 12.7. The number of benzene rings is 1. The Labute approximate surface area is 122 Å². The maximum atomic E-state index is 6.24. The normalized spacial score (nSPS) is 18.4. The van der Waals surface area contributed by atoms with Gasteiger partial charge in [-0.1, -0.05) is 38.3 Å². The Morgan fingerprint density at radius 2 is 2.15 bits per heavy atom. The molecule has 0 aromatic heterocycles. The van der Waals surface area contributed by atoms with Crippen molar-refractivity contribution in [2.24, 2.45) is 11.7 Å². The lowest BCUT2D eigenvalue weighted by Gasteiger charge is -2.28. The van der Waals surface area contributed by atoms with Gasteiger partial charge in [0.25, 0.3) is 0 Å². The number of hydrogen-bond acceptors (Lipinski definition) is 3. The van der Waals surface area contributed by atoms with Gasteiger partial charge in [0.15, 0.2) is 0 Å². The average Bonchev–Trinajstić information content (AvgIpc) is 2.44. The molecule has 0 radical (unpaired) electrons. The summed E-state index contributed by atoms with van der Waals surface area (Å²) in [5.41, 5.74) is 7.36. The third kappa shape index (κ3) is 3.97. The molecular weight excluding hydrogens is 250 g/mol. The fourth-order valence-corrected chi connectivity index (χ4v) is 2.64. The Bertz CT molecular complexity index is 404. The molecule has 2 unspecified atom stereocenters. The van der Waals surface area contributed by atoms with Crippen LogP contribution in [0.1, 0.15) is 50.7 Å². The summed E-state index contributed by atoms with van der Waals surface area (Å²) in [6.45, 7) is 2.91. The lowest BCUT2D eigenvalue weighted by Crippen LogP contribution is -2.30. The van der Waals surface area contributed by atoms with Gasteiger partial charge < -0.3 is 15.2 Å². The second kappa shape index (κ2) is 7.65. The first-order chi connectivity index (χ1) is 9.74. The van der Waals surface area contributed by atoms with E-state index in [0.717, 1.165) is 36.7 Å². The lowest BCUT2D eigenvalue weighted by atomic mass is 9.83. The summed E-state index contributed by atoms with van der Waals surface area (Å²) >= 11 is 0. The summed E-state index contributed by atoms with van der Waals surface area (Å²) < 4.78 is 11.4. The van der Waals surface area contributed by atoms with Gasteiger partial charge in [-0.2, -0.15) is 0 Å². The molecule has 2 rings (SSSR count). The van der Waals surface area contributed by atoms with Crippen LogP contribution in [0, 0.1) is 5.92 Å². The zero-order chi connectivity index (χ0) is 14.4. The monoisotopic (exact) mass is 277 g/mol. The Morgan fingerprint density at radius 1 is 1.35 bits per heavy atom. The number of methoxy groups -OCH3 is 1. The predicted molar refractivity (Wildman–Crippen MR) is 81.9 cm³/mol. The molecule has 3 nitrogen and oxygen atoms in total. The molecule has 1 aliphatic rings. The molecule has 0 spiro atoms. The van der Waals surface area contributed by atoms with Crippen molar-refractivity contribution in [2.45, 2.75) is 51.2 Å². The fourth-order valence-electron chi connectivity index (χ4n) is 2.64. The molecule has 2 N–H and O–H groups in total. The van der Waals surface area contributed by atoms with Crippen molar-refractivity contribution in [1.82, 2.24) is 0 Å². The summed E-state index contributed by atoms with van der Waals surface area (Å²) in [6.07, 6.45) is 6.16. The van der Waals surface area contributed by atoms with Crippen molar-refractivity contribution in [3.8, 4) is 5.75 Å². The van der Waals surface area contributed by atoms with E-state index in [2.05, 4.69) is 13.0 Å². The van der Waals surface area contributed by atoms with Crippen LogP contribution in [0.25, 0.3) is 0 Å². The van der Waals surface area contributed by atoms with E-state index in [1.165, 1.54) is 19.3 Å². The van der Waals surface area contributed by atoms with Gasteiger partial charge in [0, 0.05) is 12.6 Å². The maximum Gasteiger partial charge on any atom is 0.119 e. The molecule has 0 amide bonds. The van der Waals surface area contributed by atoms with Crippen LogP contribution >= 0.6 is 0 Å². The maximum absolute atomic E-state index is 6.24. The van der Waals surface area contributed by atoms with Crippen LogP contribution < -0.4 is 10.5 Å². The van der Waals surface area contributed by atoms with Crippen molar-refractivity contribution in [1.29, 1.82) is 0 Å². The summed E-state index contributed by atoms with van der Waals surface area (Å²) in [5.74, 6) is 1.73. The van der Waals surface area contributed by atoms with E-state index in [1.54, 1.807) is 7.11 Å². The quantitative estimate of drug-likeness (QED) is 0.788. The van der Waals surface area contributed by atoms with Gasteiger partial charge >= 0.3 is 0 Å². The molecule has 1 aromatic carbocycles. The van der Waals surface area contributed by atoms with Gasteiger partial charge in [-0.3, -0.25) is 0 Å². The van der Waals surface area contributed by atoms with Crippen LogP contribution in [-0.2, 0) is 4.74 Å². The molecular formula is C17H27NO2. The Morgan fingerprint density at radius 3 is 2.75 bits per heavy atom. The first kappa shape index (κ1) is 15.3. The molecule has 2 atom stereocenters. The summed E-state index contributed by atoms with van der Waals surface area (Å²) in [5, 5.41) is 0. The number of ether oxygens (including phenoxy) is 2. The average molecular weight is 277 g/mol. The molecule has 0 heterocycles. The number of nitrogens with two attached hydrogens (primary N) is 1. The molecule has 3 heteroatoms.